The van der Waals surface area contributed by atoms with E-state index in [4.69, 9.17) is 10.7 Å². The second-order valence-electron chi connectivity index (χ2n) is 9.37. The van der Waals surface area contributed by atoms with Gasteiger partial charge in [-0.15, -0.1) is 5.92 Å². The van der Waals surface area contributed by atoms with Gasteiger partial charge in [0.05, 0.1) is 18.6 Å². The Labute approximate surface area is 218 Å². The van der Waals surface area contributed by atoms with E-state index in [1.807, 2.05) is 36.1 Å². The van der Waals surface area contributed by atoms with Crippen LogP contribution in [0.5, 0.6) is 0 Å². The molecule has 0 aliphatic carbocycles. The third-order valence-electron chi connectivity index (χ3n) is 6.82. The number of urea groups is 1. The van der Waals surface area contributed by atoms with Crippen LogP contribution in [-0.2, 0) is 20.1 Å². The molecule has 1 atom stereocenters. The molecule has 1 aliphatic rings. The summed E-state index contributed by atoms with van der Waals surface area (Å²) in [7, 11) is 1.59. The molecule has 196 valence electrons. The predicted molar refractivity (Wildman–Crippen MR) is 144 cm³/mol. The van der Waals surface area contributed by atoms with Crippen LogP contribution in [0, 0.1) is 18.8 Å². The Morgan fingerprint density at radius 3 is 2.74 bits per heavy atom. The van der Waals surface area contributed by atoms with Crippen molar-refractivity contribution in [1.82, 2.24) is 34.0 Å². The van der Waals surface area contributed by atoms with Gasteiger partial charge in [0.2, 0.25) is 5.95 Å². The topological polar surface area (TPSA) is 146 Å². The maximum Gasteiger partial charge on any atom is 0.332 e. The number of anilines is 1. The molecule has 0 spiro atoms. The molecule has 4 aromatic rings. The van der Waals surface area contributed by atoms with Crippen LogP contribution < -0.4 is 27.2 Å². The third-order valence-corrected chi connectivity index (χ3v) is 6.82. The van der Waals surface area contributed by atoms with Crippen LogP contribution in [0.15, 0.2) is 33.9 Å². The molecule has 0 radical (unpaired) electrons. The van der Waals surface area contributed by atoms with E-state index in [1.165, 1.54) is 4.57 Å². The summed E-state index contributed by atoms with van der Waals surface area (Å²) in [5, 5.41) is 3.68. The van der Waals surface area contributed by atoms with Gasteiger partial charge in [-0.05, 0) is 32.8 Å². The van der Waals surface area contributed by atoms with Crippen molar-refractivity contribution in [2.24, 2.45) is 12.8 Å². The summed E-state index contributed by atoms with van der Waals surface area (Å²) in [6.45, 7) is 4.87. The number of nitrogens with zero attached hydrogens (tertiary/aromatic N) is 7. The van der Waals surface area contributed by atoms with Gasteiger partial charge in [0, 0.05) is 37.3 Å². The van der Waals surface area contributed by atoms with E-state index in [0.29, 0.717) is 24.9 Å². The van der Waals surface area contributed by atoms with Crippen LogP contribution in [0.25, 0.3) is 22.1 Å². The predicted octanol–water partition coefficient (Wildman–Crippen LogP) is 0.857. The van der Waals surface area contributed by atoms with Gasteiger partial charge in [0.1, 0.15) is 5.82 Å². The zero-order chi connectivity index (χ0) is 27.0. The zero-order valence-electron chi connectivity index (χ0n) is 21.6. The number of rotatable bonds is 5. The van der Waals surface area contributed by atoms with Gasteiger partial charge in [-0.3, -0.25) is 18.5 Å². The molecule has 2 amide bonds. The molecule has 4 heterocycles. The summed E-state index contributed by atoms with van der Waals surface area (Å²) in [5.74, 6) is 6.78. The Morgan fingerprint density at radius 1 is 1.18 bits per heavy atom. The van der Waals surface area contributed by atoms with E-state index in [2.05, 4.69) is 27.1 Å². The van der Waals surface area contributed by atoms with Crippen LogP contribution >= 0.6 is 0 Å². The minimum absolute atomic E-state index is 0.0819. The lowest BCUT2D eigenvalue weighted by Crippen LogP contribution is -2.50. The quantitative estimate of drug-likeness (QED) is 0.375. The number of para-hydroxylation sites is 1. The number of nitrogens with one attached hydrogen (secondary N) is 1. The number of primary amides is 1. The van der Waals surface area contributed by atoms with Crippen molar-refractivity contribution >= 4 is 34.0 Å². The Bertz CT molecular complexity index is 1740. The normalized spacial score (nSPS) is 15.4. The second kappa shape index (κ2) is 10.0. The molecular weight excluding hydrogens is 486 g/mol. The van der Waals surface area contributed by atoms with E-state index in [1.54, 1.807) is 18.5 Å². The Hall–Kier alpha value is -4.66. The summed E-state index contributed by atoms with van der Waals surface area (Å²) in [6, 6.07) is 6.87. The average molecular weight is 516 g/mol. The van der Waals surface area contributed by atoms with Crippen molar-refractivity contribution in [2.45, 2.75) is 45.8 Å². The number of nitrogens with two attached hydrogens (primary N) is 1. The fourth-order valence-corrected chi connectivity index (χ4v) is 5.03. The van der Waals surface area contributed by atoms with Crippen LogP contribution in [-0.4, -0.2) is 53.8 Å². The second-order valence-corrected chi connectivity index (χ2v) is 9.37. The van der Waals surface area contributed by atoms with Gasteiger partial charge in [-0.2, -0.15) is 4.98 Å². The van der Waals surface area contributed by atoms with Gasteiger partial charge in [-0.1, -0.05) is 24.1 Å². The van der Waals surface area contributed by atoms with E-state index < -0.39 is 17.3 Å². The summed E-state index contributed by atoms with van der Waals surface area (Å²) in [6.07, 6.45) is 1.58. The molecule has 12 heteroatoms. The van der Waals surface area contributed by atoms with Crippen LogP contribution in [0.4, 0.5) is 10.7 Å². The largest absolute Gasteiger partial charge is 0.352 e. The monoisotopic (exact) mass is 515 g/mol. The number of hydrogen-bond donors (Lipinski definition) is 2. The van der Waals surface area contributed by atoms with Crippen molar-refractivity contribution in [3.8, 4) is 11.8 Å². The third kappa shape index (κ3) is 4.47. The van der Waals surface area contributed by atoms with E-state index in [9.17, 15) is 14.4 Å². The minimum Gasteiger partial charge on any atom is -0.352 e. The zero-order valence-corrected chi connectivity index (χ0v) is 21.6. The smallest absolute Gasteiger partial charge is 0.332 e. The average Bonchev–Trinajstić information content (AvgIpc) is 3.28. The molecule has 1 fully saturated rings. The molecule has 1 aromatic carbocycles. The highest BCUT2D eigenvalue weighted by Gasteiger charge is 2.28. The SMILES string of the molecule is CC#CCn1c(N2CCC[C@@H](NC(N)=O)C2)nc2c1c(=O)n(Cc1nc(C)c3ccccc3n1)c(=O)n2C. The van der Waals surface area contributed by atoms with Crippen LogP contribution in [0.3, 0.4) is 0 Å². The Balaban J connectivity index is 1.64. The molecule has 1 saturated heterocycles. The van der Waals surface area contributed by atoms with Gasteiger partial charge < -0.3 is 16.0 Å². The number of amides is 2. The minimum atomic E-state index is -0.585. The molecule has 0 bridgehead atoms. The Morgan fingerprint density at radius 2 is 1.97 bits per heavy atom. The summed E-state index contributed by atoms with van der Waals surface area (Å²) >= 11 is 0. The molecule has 3 N–H and O–H groups in total. The number of benzene rings is 1. The van der Waals surface area contributed by atoms with Crippen molar-refractivity contribution in [1.29, 1.82) is 0 Å². The van der Waals surface area contributed by atoms with Crippen molar-refractivity contribution in [2.75, 3.05) is 18.0 Å². The summed E-state index contributed by atoms with van der Waals surface area (Å²) in [5.41, 5.74) is 6.39. The first-order chi connectivity index (χ1) is 18.3. The van der Waals surface area contributed by atoms with Gasteiger partial charge >= 0.3 is 11.7 Å². The first-order valence-corrected chi connectivity index (χ1v) is 12.4. The maximum absolute atomic E-state index is 13.8. The lowest BCUT2D eigenvalue weighted by Gasteiger charge is -2.33. The number of piperidine rings is 1. The number of aryl methyl sites for hydroxylation is 2. The molecule has 1 aliphatic heterocycles. The molecule has 12 nitrogen and oxygen atoms in total. The lowest BCUT2D eigenvalue weighted by atomic mass is 10.1. The van der Waals surface area contributed by atoms with E-state index >= 15 is 0 Å². The van der Waals surface area contributed by atoms with E-state index in [-0.39, 0.29) is 30.3 Å². The van der Waals surface area contributed by atoms with Gasteiger partial charge in [0.15, 0.2) is 11.2 Å². The van der Waals surface area contributed by atoms with Crippen LogP contribution in [0.2, 0.25) is 0 Å². The highest BCUT2D eigenvalue weighted by Crippen LogP contribution is 2.23. The highest BCUT2D eigenvalue weighted by molar-refractivity contribution is 5.80. The number of imidazole rings is 1. The fourth-order valence-electron chi connectivity index (χ4n) is 5.03. The molecular formula is C26H29N9O3. The van der Waals surface area contributed by atoms with Crippen molar-refractivity contribution in [3.05, 3.63) is 56.6 Å². The van der Waals surface area contributed by atoms with E-state index in [0.717, 1.165) is 34.0 Å². The summed E-state index contributed by atoms with van der Waals surface area (Å²) in [4.78, 5) is 54.5. The molecule has 0 unspecified atom stereocenters. The summed E-state index contributed by atoms with van der Waals surface area (Å²) < 4.78 is 4.25. The number of aromatic nitrogens is 6. The van der Waals surface area contributed by atoms with Gasteiger partial charge in [-0.25, -0.2) is 19.6 Å². The number of carbonyl (C=O) groups is 1. The van der Waals surface area contributed by atoms with Crippen LogP contribution in [0.1, 0.15) is 31.3 Å². The van der Waals surface area contributed by atoms with Crippen molar-refractivity contribution in [3.63, 3.8) is 0 Å². The number of hydrogen-bond acceptors (Lipinski definition) is 7. The maximum atomic E-state index is 13.8. The first-order valence-electron chi connectivity index (χ1n) is 12.4. The Kier molecular flexibility index (Phi) is 6.59. The molecule has 5 rings (SSSR count). The molecule has 0 saturated carbocycles. The standard InChI is InChI=1S/C26H29N9O3/c1-4-5-13-34-21-22(31-25(34)33-12-8-9-17(14-33)29-24(27)37)32(3)26(38)35(23(21)36)15-20-28-16(2)18-10-6-7-11-19(18)30-20/h6-7,10-11,17H,8-9,12-15H2,1-3H3,(H3,27,29,37)/t17-/m1/s1. The number of fused-ring (bicyclic) bond motifs is 2. The first kappa shape index (κ1) is 25.0. The molecule has 3 aromatic heterocycles. The number of carbonyl (C=O) groups excluding carboxylic acids is 1. The van der Waals surface area contributed by atoms with Crippen molar-refractivity contribution < 1.29 is 4.79 Å². The highest BCUT2D eigenvalue weighted by atomic mass is 16.2. The fraction of sp³-hybridized carbons (Fsp3) is 0.385. The van der Waals surface area contributed by atoms with Gasteiger partial charge in [0.25, 0.3) is 5.56 Å². The molecule has 38 heavy (non-hydrogen) atoms. The lowest BCUT2D eigenvalue weighted by molar-refractivity contribution is 0.243.